The monoisotopic (exact) mass is 389 g/mol. The second-order valence-corrected chi connectivity index (χ2v) is 7.17. The highest BCUT2D eigenvalue weighted by Crippen LogP contribution is 2.33. The SMILES string of the molecule is C=C(C)C(=O)OC(N)=O.O=C1N[C@H]2[C@H](CS[C@H]2CCCC(O)C(=O)O)N1. The minimum atomic E-state index is -1.27. The van der Waals surface area contributed by atoms with Crippen LogP contribution in [-0.4, -0.2) is 63.5 Å². The predicted octanol–water partition coefficient (Wildman–Crippen LogP) is -0.0480. The Morgan fingerprint density at radius 2 is 2.08 bits per heavy atom. The van der Waals surface area contributed by atoms with Crippen molar-refractivity contribution in [1.82, 2.24) is 10.6 Å². The van der Waals surface area contributed by atoms with Gasteiger partial charge in [0.25, 0.3) is 0 Å². The molecule has 3 amide bonds. The van der Waals surface area contributed by atoms with Crippen LogP contribution >= 0.6 is 11.8 Å². The van der Waals surface area contributed by atoms with Gasteiger partial charge in [-0.1, -0.05) is 6.58 Å². The van der Waals surface area contributed by atoms with Crippen molar-refractivity contribution in [3.05, 3.63) is 12.2 Å². The zero-order chi connectivity index (χ0) is 19.9. The number of aliphatic hydroxyl groups is 1. The van der Waals surface area contributed by atoms with E-state index in [2.05, 4.69) is 27.7 Å². The molecular formula is C15H23N3O7S. The molecule has 0 saturated carbocycles. The summed E-state index contributed by atoms with van der Waals surface area (Å²) in [5.74, 6) is -1.06. The molecule has 10 nitrogen and oxygen atoms in total. The third-order valence-corrected chi connectivity index (χ3v) is 5.24. The van der Waals surface area contributed by atoms with Gasteiger partial charge in [-0.15, -0.1) is 0 Å². The van der Waals surface area contributed by atoms with E-state index in [0.717, 1.165) is 12.2 Å². The molecule has 11 heteroatoms. The number of hydrogen-bond donors (Lipinski definition) is 5. The van der Waals surface area contributed by atoms with Crippen LogP contribution in [-0.2, 0) is 14.3 Å². The van der Waals surface area contributed by atoms with E-state index in [4.69, 9.17) is 10.2 Å². The average Bonchev–Trinajstić information content (AvgIpc) is 3.07. The van der Waals surface area contributed by atoms with Crippen molar-refractivity contribution in [3.63, 3.8) is 0 Å². The number of urea groups is 1. The maximum absolute atomic E-state index is 11.1. The molecule has 26 heavy (non-hydrogen) atoms. The van der Waals surface area contributed by atoms with Crippen LogP contribution in [0.25, 0.3) is 0 Å². The van der Waals surface area contributed by atoms with E-state index in [1.165, 1.54) is 6.92 Å². The molecule has 2 heterocycles. The van der Waals surface area contributed by atoms with Crippen molar-refractivity contribution in [2.24, 2.45) is 5.73 Å². The molecule has 2 rings (SSSR count). The summed E-state index contributed by atoms with van der Waals surface area (Å²) >= 11 is 1.79. The first kappa shape index (κ1) is 21.8. The third kappa shape index (κ3) is 6.92. The first-order valence-electron chi connectivity index (χ1n) is 7.88. The fraction of sp³-hybridized carbons (Fsp3) is 0.600. The first-order valence-corrected chi connectivity index (χ1v) is 8.93. The lowest BCUT2D eigenvalue weighted by atomic mass is 10.0. The molecule has 0 radical (unpaired) electrons. The Morgan fingerprint density at radius 3 is 2.58 bits per heavy atom. The van der Waals surface area contributed by atoms with Crippen LogP contribution in [0.4, 0.5) is 9.59 Å². The number of thioether (sulfide) groups is 1. The predicted molar refractivity (Wildman–Crippen MR) is 93.5 cm³/mol. The Hall–Kier alpha value is -2.27. The lowest BCUT2D eigenvalue weighted by molar-refractivity contribution is -0.147. The number of carbonyl (C=O) groups is 4. The Kier molecular flexibility index (Phi) is 8.39. The van der Waals surface area contributed by atoms with Gasteiger partial charge in [-0.05, 0) is 26.2 Å². The maximum atomic E-state index is 11.1. The molecule has 146 valence electrons. The van der Waals surface area contributed by atoms with Crippen molar-refractivity contribution in [1.29, 1.82) is 0 Å². The van der Waals surface area contributed by atoms with Gasteiger partial charge in [-0.25, -0.2) is 19.2 Å². The second-order valence-electron chi connectivity index (χ2n) is 5.90. The molecule has 0 aromatic rings. The van der Waals surface area contributed by atoms with E-state index in [0.29, 0.717) is 11.7 Å². The van der Waals surface area contributed by atoms with Crippen molar-refractivity contribution < 1.29 is 34.1 Å². The van der Waals surface area contributed by atoms with E-state index in [9.17, 15) is 19.2 Å². The van der Waals surface area contributed by atoms with E-state index in [1.807, 2.05) is 0 Å². The Morgan fingerprint density at radius 1 is 1.42 bits per heavy atom. The molecular weight excluding hydrogens is 366 g/mol. The number of nitrogens with one attached hydrogen (secondary N) is 2. The highest BCUT2D eigenvalue weighted by molar-refractivity contribution is 8.00. The lowest BCUT2D eigenvalue weighted by Crippen LogP contribution is -2.36. The minimum Gasteiger partial charge on any atom is -0.479 e. The number of hydrogen-bond acceptors (Lipinski definition) is 7. The van der Waals surface area contributed by atoms with Gasteiger partial charge >= 0.3 is 24.1 Å². The fourth-order valence-electron chi connectivity index (χ4n) is 2.46. The molecule has 4 atom stereocenters. The fourth-order valence-corrected chi connectivity index (χ4v) is 4.00. The van der Waals surface area contributed by atoms with Gasteiger partial charge in [0.2, 0.25) is 0 Å². The van der Waals surface area contributed by atoms with Crippen molar-refractivity contribution >= 4 is 35.8 Å². The summed E-state index contributed by atoms with van der Waals surface area (Å²) in [4.78, 5) is 41.7. The summed E-state index contributed by atoms with van der Waals surface area (Å²) in [6.07, 6.45) is -0.635. The van der Waals surface area contributed by atoms with Crippen LogP contribution in [0.3, 0.4) is 0 Å². The number of amides is 3. The van der Waals surface area contributed by atoms with Crippen molar-refractivity contribution in [2.45, 2.75) is 49.6 Å². The second kappa shape index (κ2) is 10.0. The Labute approximate surface area is 154 Å². The minimum absolute atomic E-state index is 0.115. The molecule has 6 N–H and O–H groups in total. The van der Waals surface area contributed by atoms with E-state index >= 15 is 0 Å². The molecule has 2 fully saturated rings. The van der Waals surface area contributed by atoms with Crippen LogP contribution in [0.15, 0.2) is 12.2 Å². The van der Waals surface area contributed by atoms with Crippen LogP contribution in [0.1, 0.15) is 26.2 Å². The van der Waals surface area contributed by atoms with Crippen LogP contribution in [0, 0.1) is 0 Å². The number of ether oxygens (including phenoxy) is 1. The summed E-state index contributed by atoms with van der Waals surface area (Å²) in [6.45, 7) is 4.65. The Balaban J connectivity index is 0.000000321. The number of rotatable bonds is 6. The van der Waals surface area contributed by atoms with Gasteiger partial charge in [0, 0.05) is 16.6 Å². The number of aliphatic hydroxyl groups excluding tert-OH is 1. The van der Waals surface area contributed by atoms with Gasteiger partial charge in [0.05, 0.1) is 12.1 Å². The summed E-state index contributed by atoms with van der Waals surface area (Å²) in [6, 6.07) is 0.229. The van der Waals surface area contributed by atoms with E-state index < -0.39 is 24.1 Å². The summed E-state index contributed by atoms with van der Waals surface area (Å²) < 4.78 is 3.91. The van der Waals surface area contributed by atoms with E-state index in [1.54, 1.807) is 11.8 Å². The molecule has 2 aliphatic heterocycles. The summed E-state index contributed by atoms with van der Waals surface area (Å²) in [5.41, 5.74) is 4.66. The van der Waals surface area contributed by atoms with Crippen LogP contribution in [0.2, 0.25) is 0 Å². The number of esters is 1. The molecule has 0 aliphatic carbocycles. The quantitative estimate of drug-likeness (QED) is 0.182. The smallest absolute Gasteiger partial charge is 0.412 e. The normalized spacial score (nSPS) is 24.2. The van der Waals surface area contributed by atoms with Crippen molar-refractivity contribution in [3.8, 4) is 0 Å². The number of carboxylic acids is 1. The largest absolute Gasteiger partial charge is 0.479 e. The zero-order valence-corrected chi connectivity index (χ0v) is 15.1. The van der Waals surface area contributed by atoms with E-state index in [-0.39, 0.29) is 30.1 Å². The topological polar surface area (TPSA) is 168 Å². The van der Waals surface area contributed by atoms with Gasteiger partial charge in [0.15, 0.2) is 6.10 Å². The zero-order valence-electron chi connectivity index (χ0n) is 14.3. The number of fused-ring (bicyclic) bond motifs is 1. The standard InChI is InChI=1S/C10H16N2O4S.C5H7NO3/c13-6(9(14)15)2-1-3-7-8-5(4-17-7)11-10(16)12-8;1-3(2)4(7)9-5(6)8/h5-8,13H,1-4H2,(H,14,15)(H2,11,12,16);1H2,2H3,(H2,6,8)/t5-,6?,7-,8-;/m0./s1. The highest BCUT2D eigenvalue weighted by atomic mass is 32.2. The van der Waals surface area contributed by atoms with Gasteiger partial charge in [-0.3, -0.25) is 0 Å². The number of nitrogens with two attached hydrogens (primary N) is 1. The highest BCUT2D eigenvalue weighted by Gasteiger charge is 2.42. The summed E-state index contributed by atoms with van der Waals surface area (Å²) in [7, 11) is 0. The molecule has 0 aromatic carbocycles. The first-order chi connectivity index (χ1) is 12.1. The van der Waals surface area contributed by atoms with Crippen LogP contribution in [0.5, 0.6) is 0 Å². The number of carbonyl (C=O) groups excluding carboxylic acids is 3. The Bertz CT molecular complexity index is 584. The molecule has 0 bridgehead atoms. The molecule has 1 unspecified atom stereocenters. The average molecular weight is 389 g/mol. The summed E-state index contributed by atoms with van der Waals surface area (Å²) in [5, 5.41) is 23.7. The van der Waals surface area contributed by atoms with Gasteiger partial charge in [-0.2, -0.15) is 11.8 Å². The molecule has 2 saturated heterocycles. The van der Waals surface area contributed by atoms with Gasteiger partial charge in [0.1, 0.15) is 0 Å². The number of primary amides is 1. The van der Waals surface area contributed by atoms with Gasteiger partial charge < -0.3 is 31.3 Å². The maximum Gasteiger partial charge on any atom is 0.412 e. The van der Waals surface area contributed by atoms with Crippen molar-refractivity contribution in [2.75, 3.05) is 5.75 Å². The third-order valence-electron chi connectivity index (χ3n) is 3.73. The number of carboxylic acid groups (broad SMARTS) is 1. The number of aliphatic carboxylic acids is 1. The molecule has 0 aromatic heterocycles. The molecule has 2 aliphatic rings. The molecule has 0 spiro atoms. The lowest BCUT2D eigenvalue weighted by Gasteiger charge is -2.16. The van der Waals surface area contributed by atoms with Crippen LogP contribution < -0.4 is 16.4 Å².